The first-order valence-corrected chi connectivity index (χ1v) is 8.70. The molecular formula is C15H24N2O2S. The van der Waals surface area contributed by atoms with Crippen molar-refractivity contribution in [2.45, 2.75) is 37.6 Å². The highest BCUT2D eigenvalue weighted by Gasteiger charge is 2.30. The summed E-state index contributed by atoms with van der Waals surface area (Å²) in [6, 6.07) is 7.43. The van der Waals surface area contributed by atoms with E-state index in [0.29, 0.717) is 23.9 Å². The average molecular weight is 296 g/mol. The van der Waals surface area contributed by atoms with E-state index in [1.807, 2.05) is 26.1 Å². The molecule has 0 aliphatic heterocycles. The molecule has 4 nitrogen and oxygen atoms in total. The molecule has 0 spiro atoms. The molecule has 1 unspecified atom stereocenters. The van der Waals surface area contributed by atoms with Crippen LogP contribution in [0.25, 0.3) is 0 Å². The van der Waals surface area contributed by atoms with Gasteiger partial charge in [-0.1, -0.05) is 19.1 Å². The second-order valence-corrected chi connectivity index (χ2v) is 7.42. The molecule has 0 radical (unpaired) electrons. The van der Waals surface area contributed by atoms with Gasteiger partial charge in [-0.3, -0.25) is 0 Å². The van der Waals surface area contributed by atoms with Crippen molar-refractivity contribution >= 4 is 10.0 Å². The highest BCUT2D eigenvalue weighted by Crippen LogP contribution is 2.31. The van der Waals surface area contributed by atoms with E-state index < -0.39 is 10.0 Å². The first kappa shape index (κ1) is 15.5. The Bertz CT molecular complexity index is 535. The monoisotopic (exact) mass is 296 g/mol. The minimum absolute atomic E-state index is 0.223. The van der Waals surface area contributed by atoms with Crippen molar-refractivity contribution in [3.63, 3.8) is 0 Å². The Labute approximate surface area is 122 Å². The zero-order valence-electron chi connectivity index (χ0n) is 12.5. The summed E-state index contributed by atoms with van der Waals surface area (Å²) in [7, 11) is -1.45. The van der Waals surface area contributed by atoms with Gasteiger partial charge >= 0.3 is 0 Å². The van der Waals surface area contributed by atoms with Crippen LogP contribution in [0.4, 0.5) is 0 Å². The zero-order valence-corrected chi connectivity index (χ0v) is 13.3. The lowest BCUT2D eigenvalue weighted by atomic mass is 10.1. The maximum Gasteiger partial charge on any atom is 0.243 e. The fraction of sp³-hybridized carbons (Fsp3) is 0.600. The van der Waals surface area contributed by atoms with Crippen LogP contribution in [0.3, 0.4) is 0 Å². The number of nitrogens with zero attached hydrogens (tertiary/aromatic N) is 1. The Hall–Kier alpha value is -0.910. The molecule has 1 aliphatic rings. The molecule has 20 heavy (non-hydrogen) atoms. The lowest BCUT2D eigenvalue weighted by Crippen LogP contribution is -2.32. The minimum atomic E-state index is -3.34. The van der Waals surface area contributed by atoms with Gasteiger partial charge in [-0.2, -0.15) is 4.31 Å². The van der Waals surface area contributed by atoms with E-state index in [4.69, 9.17) is 0 Å². The SMILES string of the molecule is CCN(CC1CC1)S(=O)(=O)c1ccc(C(C)NC)cc1. The van der Waals surface area contributed by atoms with Gasteiger partial charge in [0.25, 0.3) is 0 Å². The van der Waals surface area contributed by atoms with Crippen molar-refractivity contribution in [1.82, 2.24) is 9.62 Å². The third-order valence-corrected chi connectivity index (χ3v) is 5.92. The summed E-state index contributed by atoms with van der Waals surface area (Å²) in [6.45, 7) is 5.15. The van der Waals surface area contributed by atoms with E-state index >= 15 is 0 Å². The summed E-state index contributed by atoms with van der Waals surface area (Å²) in [6.07, 6.45) is 2.31. The van der Waals surface area contributed by atoms with Crippen LogP contribution in [0.15, 0.2) is 29.2 Å². The highest BCUT2D eigenvalue weighted by atomic mass is 32.2. The van der Waals surface area contributed by atoms with Crippen molar-refractivity contribution in [3.8, 4) is 0 Å². The van der Waals surface area contributed by atoms with Crippen molar-refractivity contribution < 1.29 is 8.42 Å². The van der Waals surface area contributed by atoms with Crippen molar-refractivity contribution in [1.29, 1.82) is 0 Å². The molecule has 2 rings (SSSR count). The standard InChI is InChI=1S/C15H24N2O2S/c1-4-17(11-13-5-6-13)20(18,19)15-9-7-14(8-10-15)12(2)16-3/h7-10,12-13,16H,4-6,11H2,1-3H3. The predicted octanol–water partition coefficient (Wildman–Crippen LogP) is 2.39. The van der Waals surface area contributed by atoms with Gasteiger partial charge in [0.2, 0.25) is 10.0 Å². The topological polar surface area (TPSA) is 49.4 Å². The predicted molar refractivity (Wildman–Crippen MR) is 81.1 cm³/mol. The number of benzene rings is 1. The third kappa shape index (κ3) is 3.40. The largest absolute Gasteiger partial charge is 0.313 e. The van der Waals surface area contributed by atoms with Crippen LogP contribution in [0.2, 0.25) is 0 Å². The smallest absolute Gasteiger partial charge is 0.243 e. The molecule has 1 saturated carbocycles. The number of sulfonamides is 1. The summed E-state index contributed by atoms with van der Waals surface area (Å²) in [5, 5.41) is 3.15. The average Bonchev–Trinajstić information content (AvgIpc) is 3.27. The maximum absolute atomic E-state index is 12.6. The second-order valence-electron chi connectivity index (χ2n) is 5.48. The lowest BCUT2D eigenvalue weighted by molar-refractivity contribution is 0.412. The van der Waals surface area contributed by atoms with Crippen molar-refractivity contribution in [2.75, 3.05) is 20.1 Å². The van der Waals surface area contributed by atoms with Crippen molar-refractivity contribution in [2.24, 2.45) is 5.92 Å². The Balaban J connectivity index is 2.19. The maximum atomic E-state index is 12.6. The fourth-order valence-electron chi connectivity index (χ4n) is 2.23. The number of hydrogen-bond acceptors (Lipinski definition) is 3. The quantitative estimate of drug-likeness (QED) is 0.840. The van der Waals surface area contributed by atoms with Crippen LogP contribution < -0.4 is 5.32 Å². The molecule has 112 valence electrons. The minimum Gasteiger partial charge on any atom is -0.313 e. The van der Waals surface area contributed by atoms with E-state index in [2.05, 4.69) is 12.2 Å². The first-order valence-electron chi connectivity index (χ1n) is 7.26. The summed E-state index contributed by atoms with van der Waals surface area (Å²) in [5.41, 5.74) is 1.09. The Morgan fingerprint density at radius 1 is 1.30 bits per heavy atom. The van der Waals surface area contributed by atoms with Gasteiger partial charge in [-0.25, -0.2) is 8.42 Å². The first-order chi connectivity index (χ1) is 9.48. The van der Waals surface area contributed by atoms with Gasteiger partial charge in [0.1, 0.15) is 0 Å². The van der Waals surface area contributed by atoms with E-state index in [9.17, 15) is 8.42 Å². The van der Waals surface area contributed by atoms with Gasteiger partial charge in [-0.05, 0) is 50.4 Å². The van der Waals surface area contributed by atoms with Crippen molar-refractivity contribution in [3.05, 3.63) is 29.8 Å². The van der Waals surface area contributed by atoms with E-state index in [1.165, 1.54) is 0 Å². The molecule has 0 heterocycles. The van der Waals surface area contributed by atoms with Crippen LogP contribution in [0.1, 0.15) is 38.3 Å². The molecule has 0 saturated heterocycles. The van der Waals surface area contributed by atoms with Gasteiger partial charge < -0.3 is 5.32 Å². The summed E-state index contributed by atoms with van der Waals surface area (Å²) in [4.78, 5) is 0.395. The third-order valence-electron chi connectivity index (χ3n) is 3.96. The number of nitrogens with one attached hydrogen (secondary N) is 1. The molecule has 1 N–H and O–H groups in total. The van der Waals surface area contributed by atoms with Crippen LogP contribution in [-0.4, -0.2) is 32.9 Å². The Morgan fingerprint density at radius 2 is 1.90 bits per heavy atom. The second kappa shape index (κ2) is 6.24. The van der Waals surface area contributed by atoms with Gasteiger partial charge in [0.05, 0.1) is 4.90 Å². The number of hydrogen-bond donors (Lipinski definition) is 1. The molecule has 1 aromatic carbocycles. The van der Waals surface area contributed by atoms with Gasteiger partial charge in [0.15, 0.2) is 0 Å². The fourth-order valence-corrected chi connectivity index (χ4v) is 3.75. The summed E-state index contributed by atoms with van der Waals surface area (Å²) in [5.74, 6) is 0.563. The van der Waals surface area contributed by atoms with E-state index in [1.54, 1.807) is 16.4 Å². The van der Waals surface area contributed by atoms with Crippen LogP contribution in [0, 0.1) is 5.92 Å². The summed E-state index contributed by atoms with van der Waals surface area (Å²) >= 11 is 0. The van der Waals surface area contributed by atoms with E-state index in [-0.39, 0.29) is 6.04 Å². The van der Waals surface area contributed by atoms with Crippen LogP contribution in [0.5, 0.6) is 0 Å². The zero-order chi connectivity index (χ0) is 14.8. The molecule has 1 aliphatic carbocycles. The normalized spacial score (nSPS) is 17.4. The van der Waals surface area contributed by atoms with E-state index in [0.717, 1.165) is 18.4 Å². The number of rotatable bonds is 7. The molecule has 5 heteroatoms. The molecule has 1 aromatic rings. The van der Waals surface area contributed by atoms with Gasteiger partial charge in [0, 0.05) is 19.1 Å². The molecule has 1 fully saturated rings. The molecule has 0 bridgehead atoms. The molecular weight excluding hydrogens is 272 g/mol. The Morgan fingerprint density at radius 3 is 2.35 bits per heavy atom. The Kier molecular flexibility index (Phi) is 4.83. The lowest BCUT2D eigenvalue weighted by Gasteiger charge is -2.20. The highest BCUT2D eigenvalue weighted by molar-refractivity contribution is 7.89. The molecule has 1 atom stereocenters. The molecule has 0 aromatic heterocycles. The molecule has 0 amide bonds. The van der Waals surface area contributed by atoms with Gasteiger partial charge in [-0.15, -0.1) is 0 Å². The summed E-state index contributed by atoms with van der Waals surface area (Å²) < 4.78 is 26.8. The van der Waals surface area contributed by atoms with Crippen LogP contribution >= 0.6 is 0 Å². The van der Waals surface area contributed by atoms with Crippen LogP contribution in [-0.2, 0) is 10.0 Å².